The highest BCUT2D eigenvalue weighted by Gasteiger charge is 2.57. The second-order valence-corrected chi connectivity index (χ2v) is 8.65. The molecule has 0 bridgehead atoms. The van der Waals surface area contributed by atoms with E-state index in [-0.39, 0.29) is 11.3 Å². The van der Waals surface area contributed by atoms with E-state index < -0.39 is 5.66 Å². The molecule has 0 spiro atoms. The minimum absolute atomic E-state index is 0.0587. The van der Waals surface area contributed by atoms with Crippen LogP contribution in [0.2, 0.25) is 0 Å². The van der Waals surface area contributed by atoms with Gasteiger partial charge in [0.05, 0.1) is 21.3 Å². The number of carbonyl (C=O) groups is 1. The SMILES string of the molecule is COc1cc(/C=C/C23NC(=O)CCN2c2ccc(C)cc2C3(C)C)cc(OC)c1OC. The van der Waals surface area contributed by atoms with Gasteiger partial charge in [-0.2, -0.15) is 0 Å². The molecule has 2 aromatic rings. The van der Waals surface area contributed by atoms with Crippen molar-refractivity contribution in [1.29, 1.82) is 0 Å². The molecule has 4 rings (SSSR count). The third kappa shape index (κ3) is 3.12. The predicted molar refractivity (Wildman–Crippen MR) is 122 cm³/mol. The molecule has 0 radical (unpaired) electrons. The number of benzene rings is 2. The van der Waals surface area contributed by atoms with Crippen LogP contribution in [-0.4, -0.2) is 39.4 Å². The van der Waals surface area contributed by atoms with Crippen molar-refractivity contribution in [3.63, 3.8) is 0 Å². The van der Waals surface area contributed by atoms with E-state index in [9.17, 15) is 4.79 Å². The fourth-order valence-electron chi connectivity index (χ4n) is 4.88. The Balaban J connectivity index is 1.84. The van der Waals surface area contributed by atoms with E-state index in [0.29, 0.717) is 30.2 Å². The number of nitrogens with one attached hydrogen (secondary N) is 1. The Bertz CT molecular complexity index is 1030. The lowest BCUT2D eigenvalue weighted by Gasteiger charge is -2.49. The van der Waals surface area contributed by atoms with Crippen LogP contribution >= 0.6 is 0 Å². The zero-order valence-electron chi connectivity index (χ0n) is 19.0. The van der Waals surface area contributed by atoms with Crippen LogP contribution in [0.5, 0.6) is 17.2 Å². The first kappa shape index (κ1) is 21.1. The maximum atomic E-state index is 12.6. The van der Waals surface area contributed by atoms with Crippen molar-refractivity contribution in [2.24, 2.45) is 0 Å². The van der Waals surface area contributed by atoms with Crippen LogP contribution in [-0.2, 0) is 10.2 Å². The van der Waals surface area contributed by atoms with Gasteiger partial charge in [-0.25, -0.2) is 0 Å². The molecule has 6 heteroatoms. The van der Waals surface area contributed by atoms with Gasteiger partial charge in [0.2, 0.25) is 11.7 Å². The standard InChI is InChI=1S/C25H30N2O4/c1-16-7-8-19-18(13-16)24(2,3)25(26-22(28)10-12-27(19)25)11-9-17-14-20(29-4)23(31-6)21(15-17)30-5/h7-9,11,13-15H,10,12H2,1-6H3,(H,26,28)/b11-9+. The summed E-state index contributed by atoms with van der Waals surface area (Å²) in [5.41, 5.74) is 3.52. The Morgan fingerprint density at radius 1 is 1.03 bits per heavy atom. The fourth-order valence-corrected chi connectivity index (χ4v) is 4.88. The van der Waals surface area contributed by atoms with Crippen molar-refractivity contribution in [3.8, 4) is 17.2 Å². The molecule has 1 fully saturated rings. The van der Waals surface area contributed by atoms with Gasteiger partial charge in [-0.05, 0) is 42.3 Å². The molecule has 1 saturated heterocycles. The largest absolute Gasteiger partial charge is 0.493 e. The topological polar surface area (TPSA) is 60.0 Å². The normalized spacial score (nSPS) is 21.5. The molecule has 1 atom stereocenters. The molecule has 164 valence electrons. The molecule has 0 aromatic heterocycles. The molecule has 31 heavy (non-hydrogen) atoms. The van der Waals surface area contributed by atoms with Crippen LogP contribution in [0.3, 0.4) is 0 Å². The summed E-state index contributed by atoms with van der Waals surface area (Å²) < 4.78 is 16.4. The van der Waals surface area contributed by atoms with Gasteiger partial charge in [-0.15, -0.1) is 0 Å². The van der Waals surface area contributed by atoms with E-state index in [1.54, 1.807) is 21.3 Å². The molecule has 1 N–H and O–H groups in total. The van der Waals surface area contributed by atoms with Gasteiger partial charge >= 0.3 is 0 Å². The molecular formula is C25H30N2O4. The Hall–Kier alpha value is -3.15. The second kappa shape index (κ2) is 7.52. The monoisotopic (exact) mass is 422 g/mol. The fraction of sp³-hybridized carbons (Fsp3) is 0.400. The van der Waals surface area contributed by atoms with Gasteiger partial charge in [0.25, 0.3) is 0 Å². The number of aryl methyl sites for hydroxylation is 1. The van der Waals surface area contributed by atoms with E-state index in [1.165, 1.54) is 16.8 Å². The molecule has 2 heterocycles. The third-order valence-corrected chi connectivity index (χ3v) is 6.59. The van der Waals surface area contributed by atoms with Crippen LogP contribution in [0.25, 0.3) is 6.08 Å². The summed E-state index contributed by atoms with van der Waals surface area (Å²) in [6.45, 7) is 7.16. The van der Waals surface area contributed by atoms with Crippen molar-refractivity contribution in [3.05, 3.63) is 53.1 Å². The van der Waals surface area contributed by atoms with Gasteiger partial charge in [-0.1, -0.05) is 37.6 Å². The number of ether oxygens (including phenoxy) is 3. The zero-order valence-corrected chi connectivity index (χ0v) is 19.0. The van der Waals surface area contributed by atoms with Gasteiger partial charge in [0.1, 0.15) is 5.66 Å². The summed E-state index contributed by atoms with van der Waals surface area (Å²) >= 11 is 0. The highest BCUT2D eigenvalue weighted by Crippen LogP contribution is 2.52. The van der Waals surface area contributed by atoms with Crippen LogP contribution in [0, 0.1) is 6.92 Å². The number of nitrogens with zero attached hydrogens (tertiary/aromatic N) is 1. The van der Waals surface area contributed by atoms with Crippen LogP contribution in [0.15, 0.2) is 36.4 Å². The maximum Gasteiger partial charge on any atom is 0.223 e. The summed E-state index contributed by atoms with van der Waals surface area (Å²) in [5.74, 6) is 1.79. The van der Waals surface area contributed by atoms with E-state index in [0.717, 1.165) is 5.56 Å². The number of carbonyl (C=O) groups excluding carboxylic acids is 1. The maximum absolute atomic E-state index is 12.6. The molecule has 2 aromatic carbocycles. The Kier molecular flexibility index (Phi) is 5.12. The molecule has 1 unspecified atom stereocenters. The molecule has 0 saturated carbocycles. The van der Waals surface area contributed by atoms with Crippen molar-refractivity contribution in [2.45, 2.75) is 38.3 Å². The highest BCUT2D eigenvalue weighted by atomic mass is 16.5. The van der Waals surface area contributed by atoms with E-state index in [2.05, 4.69) is 55.3 Å². The summed E-state index contributed by atoms with van der Waals surface area (Å²) in [6, 6.07) is 10.3. The number of anilines is 1. The smallest absolute Gasteiger partial charge is 0.223 e. The second-order valence-electron chi connectivity index (χ2n) is 8.65. The Morgan fingerprint density at radius 3 is 2.32 bits per heavy atom. The first-order valence-corrected chi connectivity index (χ1v) is 10.5. The van der Waals surface area contributed by atoms with Crippen LogP contribution in [0.1, 0.15) is 37.0 Å². The van der Waals surface area contributed by atoms with Gasteiger partial charge in [0.15, 0.2) is 11.5 Å². The van der Waals surface area contributed by atoms with Crippen molar-refractivity contribution < 1.29 is 19.0 Å². The van der Waals surface area contributed by atoms with E-state index >= 15 is 0 Å². The number of rotatable bonds is 5. The van der Waals surface area contributed by atoms with E-state index in [4.69, 9.17) is 14.2 Å². The van der Waals surface area contributed by atoms with Gasteiger partial charge in [-0.3, -0.25) is 4.79 Å². The zero-order chi connectivity index (χ0) is 22.4. The average Bonchev–Trinajstić information content (AvgIpc) is 2.94. The lowest BCUT2D eigenvalue weighted by molar-refractivity contribution is -0.124. The number of methoxy groups -OCH3 is 3. The van der Waals surface area contributed by atoms with Crippen molar-refractivity contribution >= 4 is 17.7 Å². The number of hydrogen-bond acceptors (Lipinski definition) is 5. The third-order valence-electron chi connectivity index (χ3n) is 6.59. The average molecular weight is 423 g/mol. The van der Waals surface area contributed by atoms with Crippen molar-refractivity contribution in [1.82, 2.24) is 5.32 Å². The number of amides is 1. The molecule has 2 aliphatic rings. The van der Waals surface area contributed by atoms with Crippen LogP contribution in [0.4, 0.5) is 5.69 Å². The van der Waals surface area contributed by atoms with Gasteiger partial charge in [0, 0.05) is 24.1 Å². The van der Waals surface area contributed by atoms with Gasteiger partial charge < -0.3 is 24.4 Å². The lowest BCUT2D eigenvalue weighted by Crippen LogP contribution is -2.68. The Morgan fingerprint density at radius 2 is 1.71 bits per heavy atom. The molecular weight excluding hydrogens is 392 g/mol. The first-order chi connectivity index (χ1) is 14.8. The summed E-state index contributed by atoms with van der Waals surface area (Å²) in [6.07, 6.45) is 4.59. The molecule has 6 nitrogen and oxygen atoms in total. The summed E-state index contributed by atoms with van der Waals surface area (Å²) in [5, 5.41) is 3.31. The van der Waals surface area contributed by atoms with Crippen LogP contribution < -0.4 is 24.4 Å². The predicted octanol–water partition coefficient (Wildman–Crippen LogP) is 4.05. The summed E-state index contributed by atoms with van der Waals surface area (Å²) in [7, 11) is 4.79. The molecule has 0 aliphatic carbocycles. The minimum atomic E-state index is -0.668. The summed E-state index contributed by atoms with van der Waals surface area (Å²) in [4.78, 5) is 14.9. The van der Waals surface area contributed by atoms with Crippen molar-refractivity contribution in [2.75, 3.05) is 32.8 Å². The highest BCUT2D eigenvalue weighted by molar-refractivity contribution is 5.85. The molecule has 1 amide bonds. The lowest BCUT2D eigenvalue weighted by atomic mass is 9.74. The Labute approximate surface area is 183 Å². The number of hydrogen-bond donors (Lipinski definition) is 1. The number of fused-ring (bicyclic) bond motifs is 3. The quantitative estimate of drug-likeness (QED) is 0.788. The first-order valence-electron chi connectivity index (χ1n) is 10.5. The van der Waals surface area contributed by atoms with E-state index in [1.807, 2.05) is 18.2 Å². The molecule has 2 aliphatic heterocycles. The minimum Gasteiger partial charge on any atom is -0.493 e.